The van der Waals surface area contributed by atoms with Gasteiger partial charge in [0.05, 0.1) is 0 Å². The summed E-state index contributed by atoms with van der Waals surface area (Å²) in [4.78, 5) is 29.9. The minimum absolute atomic E-state index is 0.00180. The summed E-state index contributed by atoms with van der Waals surface area (Å²) in [6.45, 7) is 6.20. The Morgan fingerprint density at radius 1 is 0.962 bits per heavy atom. The van der Waals surface area contributed by atoms with Gasteiger partial charge in [0, 0.05) is 24.4 Å². The highest BCUT2D eigenvalue weighted by molar-refractivity contribution is 5.99. The van der Waals surface area contributed by atoms with E-state index in [9.17, 15) is 9.59 Å². The summed E-state index contributed by atoms with van der Waals surface area (Å²) < 4.78 is 0. The van der Waals surface area contributed by atoms with Crippen LogP contribution in [0.2, 0.25) is 0 Å². The highest BCUT2D eigenvalue weighted by Crippen LogP contribution is 2.36. The Kier molecular flexibility index (Phi) is 4.86. The number of carbonyl (C=O) groups excluding carboxylic acids is 2. The van der Waals surface area contributed by atoms with Crippen molar-refractivity contribution >= 4 is 11.8 Å². The Morgan fingerprint density at radius 3 is 2.04 bits per heavy atom. The zero-order valence-electron chi connectivity index (χ0n) is 15.8. The molecule has 2 amide bonds. The standard InChI is InChI=1S/C22H26N2O2/c1-22(2,3)21-23(4)20(26)18(15-16-11-7-5-8-12-16)24(21)19(25)17-13-9-6-10-14-17/h5-14,18,21H,15H2,1-4H3. The number of carbonyl (C=O) groups is 2. The molecule has 1 heterocycles. The number of rotatable bonds is 3. The maximum absolute atomic E-state index is 13.3. The van der Waals surface area contributed by atoms with Crippen LogP contribution in [-0.4, -0.2) is 40.9 Å². The van der Waals surface area contributed by atoms with Crippen LogP contribution in [0.1, 0.15) is 36.7 Å². The summed E-state index contributed by atoms with van der Waals surface area (Å²) >= 11 is 0. The van der Waals surface area contributed by atoms with E-state index in [-0.39, 0.29) is 23.4 Å². The highest BCUT2D eigenvalue weighted by Gasteiger charge is 2.51. The fraction of sp³-hybridized carbons (Fsp3) is 0.364. The lowest BCUT2D eigenvalue weighted by atomic mass is 9.90. The number of nitrogens with zero attached hydrogens (tertiary/aromatic N) is 2. The fourth-order valence-electron chi connectivity index (χ4n) is 3.84. The first kappa shape index (κ1) is 18.2. The quantitative estimate of drug-likeness (QED) is 0.849. The van der Waals surface area contributed by atoms with Gasteiger partial charge in [-0.25, -0.2) is 0 Å². The molecule has 0 spiro atoms. The lowest BCUT2D eigenvalue weighted by Gasteiger charge is -2.39. The van der Waals surface area contributed by atoms with E-state index in [0.29, 0.717) is 12.0 Å². The van der Waals surface area contributed by atoms with E-state index in [0.717, 1.165) is 5.56 Å². The molecule has 2 unspecified atom stereocenters. The minimum Gasteiger partial charge on any atom is -0.323 e. The monoisotopic (exact) mass is 350 g/mol. The number of hydrogen-bond donors (Lipinski definition) is 0. The third-order valence-corrected chi connectivity index (χ3v) is 4.90. The number of amides is 2. The Labute approximate surface area is 155 Å². The van der Waals surface area contributed by atoms with Crippen molar-refractivity contribution in [3.05, 3.63) is 71.8 Å². The predicted octanol–water partition coefficient (Wildman–Crippen LogP) is 3.58. The maximum atomic E-state index is 13.3. The second kappa shape index (κ2) is 6.94. The van der Waals surface area contributed by atoms with E-state index >= 15 is 0 Å². The van der Waals surface area contributed by atoms with Gasteiger partial charge in [-0.2, -0.15) is 0 Å². The Morgan fingerprint density at radius 2 is 1.50 bits per heavy atom. The maximum Gasteiger partial charge on any atom is 0.256 e. The van der Waals surface area contributed by atoms with Gasteiger partial charge in [0.1, 0.15) is 12.2 Å². The third kappa shape index (κ3) is 3.36. The van der Waals surface area contributed by atoms with Crippen molar-refractivity contribution < 1.29 is 9.59 Å². The predicted molar refractivity (Wildman–Crippen MR) is 103 cm³/mol. The van der Waals surface area contributed by atoms with E-state index in [2.05, 4.69) is 20.8 Å². The van der Waals surface area contributed by atoms with Crippen LogP contribution in [0.3, 0.4) is 0 Å². The van der Waals surface area contributed by atoms with Gasteiger partial charge < -0.3 is 9.80 Å². The molecule has 136 valence electrons. The molecule has 2 atom stereocenters. The molecular weight excluding hydrogens is 324 g/mol. The van der Waals surface area contributed by atoms with E-state index in [1.54, 1.807) is 16.8 Å². The molecule has 1 aliphatic heterocycles. The molecule has 26 heavy (non-hydrogen) atoms. The molecule has 4 nitrogen and oxygen atoms in total. The van der Waals surface area contributed by atoms with E-state index in [1.807, 2.05) is 60.7 Å². The average molecular weight is 350 g/mol. The first-order valence-corrected chi connectivity index (χ1v) is 8.99. The average Bonchev–Trinajstić information content (AvgIpc) is 2.87. The van der Waals surface area contributed by atoms with Gasteiger partial charge in [0.15, 0.2) is 0 Å². The zero-order valence-corrected chi connectivity index (χ0v) is 15.8. The Bertz CT molecular complexity index is 781. The van der Waals surface area contributed by atoms with Crippen LogP contribution in [-0.2, 0) is 11.2 Å². The van der Waals surface area contributed by atoms with Crippen molar-refractivity contribution in [3.63, 3.8) is 0 Å². The van der Waals surface area contributed by atoms with Crippen LogP contribution in [0.5, 0.6) is 0 Å². The second-order valence-corrected chi connectivity index (χ2v) is 7.97. The van der Waals surface area contributed by atoms with Crippen molar-refractivity contribution in [1.82, 2.24) is 9.80 Å². The van der Waals surface area contributed by atoms with Crippen molar-refractivity contribution in [2.75, 3.05) is 7.05 Å². The largest absolute Gasteiger partial charge is 0.323 e. The Hall–Kier alpha value is -2.62. The third-order valence-electron chi connectivity index (χ3n) is 4.90. The van der Waals surface area contributed by atoms with E-state index in [4.69, 9.17) is 0 Å². The molecule has 0 N–H and O–H groups in total. The smallest absolute Gasteiger partial charge is 0.256 e. The minimum atomic E-state index is -0.487. The SMILES string of the molecule is CN1C(=O)C(Cc2ccccc2)N(C(=O)c2ccccc2)C1C(C)(C)C. The summed E-state index contributed by atoms with van der Waals surface area (Å²) in [6.07, 6.45) is 0.242. The van der Waals surface area contributed by atoms with Gasteiger partial charge in [-0.1, -0.05) is 69.3 Å². The van der Waals surface area contributed by atoms with Gasteiger partial charge in [-0.15, -0.1) is 0 Å². The second-order valence-electron chi connectivity index (χ2n) is 7.97. The van der Waals surface area contributed by atoms with Crippen molar-refractivity contribution in [3.8, 4) is 0 Å². The van der Waals surface area contributed by atoms with Crippen LogP contribution in [0.4, 0.5) is 0 Å². The zero-order chi connectivity index (χ0) is 18.9. The summed E-state index contributed by atoms with van der Waals surface area (Å²) in [6, 6.07) is 18.6. The van der Waals surface area contributed by atoms with Crippen LogP contribution < -0.4 is 0 Å². The van der Waals surface area contributed by atoms with Crippen LogP contribution in [0, 0.1) is 5.41 Å². The molecule has 0 aromatic heterocycles. The molecule has 0 radical (unpaired) electrons. The summed E-state index contributed by atoms with van der Waals surface area (Å²) in [5.41, 5.74) is 1.42. The molecule has 1 fully saturated rings. The first-order chi connectivity index (χ1) is 12.3. The molecule has 1 saturated heterocycles. The summed E-state index contributed by atoms with van der Waals surface area (Å²) in [5, 5.41) is 0. The molecule has 2 aromatic rings. The van der Waals surface area contributed by atoms with Gasteiger partial charge in [0.2, 0.25) is 5.91 Å². The summed E-state index contributed by atoms with van der Waals surface area (Å²) in [5.74, 6) is -0.0952. The molecule has 1 aliphatic rings. The molecule has 0 aliphatic carbocycles. The lowest BCUT2D eigenvalue weighted by Crippen LogP contribution is -2.51. The first-order valence-electron chi connectivity index (χ1n) is 8.99. The van der Waals surface area contributed by atoms with E-state index in [1.165, 1.54) is 0 Å². The van der Waals surface area contributed by atoms with Gasteiger partial charge in [0.25, 0.3) is 5.91 Å². The van der Waals surface area contributed by atoms with Crippen LogP contribution in [0.25, 0.3) is 0 Å². The molecule has 0 bridgehead atoms. The van der Waals surface area contributed by atoms with Gasteiger partial charge >= 0.3 is 0 Å². The van der Waals surface area contributed by atoms with Crippen molar-refractivity contribution in [1.29, 1.82) is 0 Å². The van der Waals surface area contributed by atoms with Gasteiger partial charge in [-0.05, 0) is 17.7 Å². The Balaban J connectivity index is 2.02. The fourth-order valence-corrected chi connectivity index (χ4v) is 3.84. The number of hydrogen-bond acceptors (Lipinski definition) is 2. The topological polar surface area (TPSA) is 40.6 Å². The van der Waals surface area contributed by atoms with Crippen molar-refractivity contribution in [2.24, 2.45) is 5.41 Å². The molecule has 3 rings (SSSR count). The van der Waals surface area contributed by atoms with Gasteiger partial charge in [-0.3, -0.25) is 9.59 Å². The summed E-state index contributed by atoms with van der Waals surface area (Å²) in [7, 11) is 1.80. The number of likely N-dealkylation sites (N-methyl/N-ethyl adjacent to an activating group) is 1. The van der Waals surface area contributed by atoms with E-state index < -0.39 is 6.04 Å². The molecular formula is C22H26N2O2. The lowest BCUT2D eigenvalue weighted by molar-refractivity contribution is -0.129. The molecule has 4 heteroatoms. The normalized spacial score (nSPS) is 20.5. The number of benzene rings is 2. The molecule has 2 aromatic carbocycles. The van der Waals surface area contributed by atoms with Crippen molar-refractivity contribution in [2.45, 2.75) is 39.4 Å². The van der Waals surface area contributed by atoms with Crippen LogP contribution in [0.15, 0.2) is 60.7 Å². The highest BCUT2D eigenvalue weighted by atomic mass is 16.2. The van der Waals surface area contributed by atoms with Crippen LogP contribution >= 0.6 is 0 Å². The molecule has 0 saturated carbocycles.